The van der Waals surface area contributed by atoms with Crippen molar-refractivity contribution in [2.24, 2.45) is 22.7 Å². The van der Waals surface area contributed by atoms with E-state index in [1.807, 2.05) is 27.7 Å². The molecule has 17 nitrogen and oxygen atoms in total. The Bertz CT molecular complexity index is 1830. The first-order valence-electron chi connectivity index (χ1n) is 23.3. The van der Waals surface area contributed by atoms with Gasteiger partial charge < -0.3 is 45.9 Å². The van der Waals surface area contributed by atoms with Gasteiger partial charge in [0.2, 0.25) is 41.4 Å². The van der Waals surface area contributed by atoms with Gasteiger partial charge >= 0.3 is 0 Å². The average Bonchev–Trinajstić information content (AvgIpc) is 4.03. The van der Waals surface area contributed by atoms with Crippen molar-refractivity contribution in [1.29, 1.82) is 0 Å². The molecule has 0 radical (unpaired) electrons. The van der Waals surface area contributed by atoms with E-state index < -0.39 is 119 Å². The van der Waals surface area contributed by atoms with E-state index in [1.165, 1.54) is 21.6 Å². The van der Waals surface area contributed by atoms with Crippen LogP contribution in [0.25, 0.3) is 0 Å². The molecule has 364 valence electrons. The third-order valence-electron chi connectivity index (χ3n) is 12.5. The monoisotopic (exact) mass is 929 g/mol. The zero-order valence-electron chi connectivity index (χ0n) is 40.7. The minimum Gasteiger partial charge on any atom is -0.366 e. The van der Waals surface area contributed by atoms with Crippen molar-refractivity contribution in [2.75, 3.05) is 18.8 Å². The number of hydrogen-bond donors (Lipinski definition) is 5. The summed E-state index contributed by atoms with van der Waals surface area (Å²) in [5, 5.41) is 15.2. The van der Waals surface area contributed by atoms with Crippen LogP contribution in [0.15, 0.2) is 30.3 Å². The molecule has 0 spiro atoms. The molecule has 65 heavy (non-hydrogen) atoms. The molecular weight excluding hydrogens is 853 g/mol. The van der Waals surface area contributed by atoms with Crippen LogP contribution in [0.5, 0.6) is 0 Å². The van der Waals surface area contributed by atoms with Crippen LogP contribution in [0.3, 0.4) is 0 Å². The number of nitrogens with zero attached hydrogens (tertiary/aromatic N) is 3. The highest BCUT2D eigenvalue weighted by Crippen LogP contribution is 2.27. The molecule has 0 aromatic carbocycles. The lowest BCUT2D eigenvalue weighted by Crippen LogP contribution is -2.62. The van der Waals surface area contributed by atoms with Crippen LogP contribution < -0.4 is 26.6 Å². The Morgan fingerprint density at radius 2 is 1.06 bits per heavy atom. The number of carbonyl (C=O) groups is 7. The Hall–Kier alpha value is -4.29. The summed E-state index contributed by atoms with van der Waals surface area (Å²) >= 11 is 1.30. The molecule has 0 aliphatic carbocycles. The lowest BCUT2D eigenvalue weighted by atomic mass is 9.99. The average molecular weight is 929 g/mol. The van der Waals surface area contributed by atoms with Gasteiger partial charge in [0.15, 0.2) is 0 Å². The highest BCUT2D eigenvalue weighted by Gasteiger charge is 2.45. The van der Waals surface area contributed by atoms with Crippen LogP contribution in [0.4, 0.5) is 0 Å². The number of amides is 7. The second-order valence-electron chi connectivity index (χ2n) is 20.1. The fourth-order valence-corrected chi connectivity index (χ4v) is 9.90. The molecule has 4 aliphatic heterocycles. The van der Waals surface area contributed by atoms with Crippen LogP contribution in [-0.4, -0.2) is 147 Å². The summed E-state index contributed by atoms with van der Waals surface area (Å²) < 4.78 is 12.5. The van der Waals surface area contributed by atoms with Crippen LogP contribution in [-0.2, 0) is 43.0 Å². The predicted octanol–water partition coefficient (Wildman–Crippen LogP) is 3.02. The molecule has 18 heteroatoms. The molecule has 5 N–H and O–H groups in total. The number of aliphatic imine (C=N–C) groups is 1. The highest BCUT2D eigenvalue weighted by atomic mass is 32.2. The van der Waals surface area contributed by atoms with Gasteiger partial charge in [0, 0.05) is 18.8 Å². The normalized spacial score (nSPS) is 29.3. The maximum absolute atomic E-state index is 14.5. The molecule has 4 heterocycles. The fraction of sp³-hybridized carbons (Fsp3) is 0.745. The Kier molecular flexibility index (Phi) is 18.4. The van der Waals surface area contributed by atoms with Crippen molar-refractivity contribution in [3.05, 3.63) is 25.3 Å². The summed E-state index contributed by atoms with van der Waals surface area (Å²) in [6.07, 6.45) is 3.33. The van der Waals surface area contributed by atoms with E-state index in [1.54, 1.807) is 67.5 Å². The van der Waals surface area contributed by atoms with Gasteiger partial charge in [0.05, 0.1) is 34.5 Å². The molecule has 0 aromatic heterocycles. The van der Waals surface area contributed by atoms with Crippen molar-refractivity contribution < 1.29 is 43.0 Å². The SMILES string of the molecule is C=CC(C)(C)O[C@H](C)[C@@H]1NC(=O)C2CSC(=N2)C(C(C)C)NC(=O)[C@H]([C@@H](C)OC(C)(C)C=C)NC(=O)C2CCCN2C(=O)C(C(C)C)NC(=O)C2CCCN2C(=O)C(CC(C)C)NC1=O. The fourth-order valence-electron chi connectivity index (χ4n) is 8.64. The van der Waals surface area contributed by atoms with Crippen LogP contribution in [0, 0.1) is 17.8 Å². The van der Waals surface area contributed by atoms with E-state index in [9.17, 15) is 33.6 Å². The van der Waals surface area contributed by atoms with Crippen molar-refractivity contribution in [2.45, 2.75) is 187 Å². The highest BCUT2D eigenvalue weighted by molar-refractivity contribution is 8.14. The van der Waals surface area contributed by atoms with Gasteiger partial charge in [-0.05, 0) is 91.4 Å². The second kappa shape index (κ2) is 22.5. The lowest BCUT2D eigenvalue weighted by molar-refractivity contribution is -0.146. The Morgan fingerprint density at radius 3 is 1.52 bits per heavy atom. The Labute approximate surface area is 390 Å². The summed E-state index contributed by atoms with van der Waals surface area (Å²) in [7, 11) is 0. The van der Waals surface area contributed by atoms with Crippen LogP contribution >= 0.6 is 11.8 Å². The van der Waals surface area contributed by atoms with Gasteiger partial charge in [-0.25, -0.2) is 0 Å². The molecule has 7 amide bonds. The Balaban J connectivity index is 1.83. The molecular formula is C47H76N8O9S. The van der Waals surface area contributed by atoms with Gasteiger partial charge in [-0.2, -0.15) is 0 Å². The number of thioether (sulfide) groups is 1. The van der Waals surface area contributed by atoms with Crippen molar-refractivity contribution in [3.63, 3.8) is 0 Å². The van der Waals surface area contributed by atoms with E-state index in [0.29, 0.717) is 30.7 Å². The summed E-state index contributed by atoms with van der Waals surface area (Å²) in [5.41, 5.74) is -1.77. The van der Waals surface area contributed by atoms with Crippen LogP contribution in [0.1, 0.15) is 115 Å². The zero-order chi connectivity index (χ0) is 48.7. The lowest BCUT2D eigenvalue weighted by Gasteiger charge is -2.35. The molecule has 6 unspecified atom stereocenters. The van der Waals surface area contributed by atoms with E-state index in [2.05, 4.69) is 39.7 Å². The van der Waals surface area contributed by atoms with Gasteiger partial charge in [0.25, 0.3) is 0 Å². The topological polar surface area (TPSA) is 217 Å². The maximum Gasteiger partial charge on any atom is 0.246 e. The summed E-state index contributed by atoms with van der Waals surface area (Å²) in [6, 6.07) is -8.11. The summed E-state index contributed by atoms with van der Waals surface area (Å²) in [6.45, 7) is 29.9. The van der Waals surface area contributed by atoms with Gasteiger partial charge in [-0.1, -0.05) is 53.7 Å². The minimum absolute atomic E-state index is 0.0522. The van der Waals surface area contributed by atoms with Gasteiger partial charge in [-0.3, -0.25) is 38.6 Å². The minimum atomic E-state index is -1.28. The third-order valence-corrected chi connectivity index (χ3v) is 13.6. The first kappa shape index (κ1) is 53.3. The second-order valence-corrected chi connectivity index (χ2v) is 21.1. The largest absolute Gasteiger partial charge is 0.366 e. The molecule has 0 aromatic rings. The number of rotatable bonds is 12. The van der Waals surface area contributed by atoms with E-state index in [4.69, 9.17) is 14.5 Å². The number of carbonyl (C=O) groups excluding carboxylic acids is 7. The van der Waals surface area contributed by atoms with Crippen molar-refractivity contribution in [3.8, 4) is 0 Å². The van der Waals surface area contributed by atoms with E-state index >= 15 is 0 Å². The predicted molar refractivity (Wildman–Crippen MR) is 252 cm³/mol. The number of ether oxygens (including phenoxy) is 2. The number of hydrogen-bond acceptors (Lipinski definition) is 11. The molecule has 4 aliphatic rings. The summed E-state index contributed by atoms with van der Waals surface area (Å²) in [5.74, 6) is -4.20. The quantitative estimate of drug-likeness (QED) is 0.180. The molecule has 0 saturated carbocycles. The standard InChI is InChI=1S/C47H76N8O9S/c1-15-46(11,12)63-28(9)36-41(59)48-30(23-25(3)4)44(61)54-21-17-19-32(54)39(57)51-35(27(7)8)45(62)55-22-18-20-33(55)40(58)53-37(29(10)64-47(13,14)16-2)42(60)50-34(26(5)6)43-49-31(24-65-43)38(56)52-36/h15-16,25-37H,1-2,17-24H2,3-14H3,(H,48,59)(H,50,60)(H,51,57)(H,52,56)(H,53,58)/t28-,29-,30?,31?,32?,33?,34?,35?,36+,37+/m1/s1. The van der Waals surface area contributed by atoms with Crippen LogP contribution in [0.2, 0.25) is 0 Å². The molecule has 10 atom stereocenters. The first-order valence-corrected chi connectivity index (χ1v) is 24.3. The van der Waals surface area contributed by atoms with Gasteiger partial charge in [0.1, 0.15) is 42.3 Å². The van der Waals surface area contributed by atoms with Crippen molar-refractivity contribution >= 4 is 58.2 Å². The zero-order valence-corrected chi connectivity index (χ0v) is 41.5. The molecule has 2 bridgehead atoms. The van der Waals surface area contributed by atoms with E-state index in [-0.39, 0.29) is 37.1 Å². The molecule has 2 saturated heterocycles. The molecule has 4 rings (SSSR count). The number of nitrogens with one attached hydrogen (secondary N) is 5. The maximum atomic E-state index is 14.5. The first-order chi connectivity index (χ1) is 30.3. The number of fused-ring (bicyclic) bond motifs is 3. The molecule has 2 fully saturated rings. The Morgan fingerprint density at radius 1 is 0.631 bits per heavy atom. The third kappa shape index (κ3) is 13.6. The van der Waals surface area contributed by atoms with E-state index in [0.717, 1.165) is 0 Å². The smallest absolute Gasteiger partial charge is 0.246 e. The van der Waals surface area contributed by atoms with Crippen molar-refractivity contribution in [1.82, 2.24) is 36.4 Å². The summed E-state index contributed by atoms with van der Waals surface area (Å²) in [4.78, 5) is 108. The van der Waals surface area contributed by atoms with Gasteiger partial charge in [-0.15, -0.1) is 24.9 Å².